The monoisotopic (exact) mass is 599 g/mol. The maximum Gasteiger partial charge on any atom is 0.335 e. The number of carbonyl (C=O) groups is 2. The summed E-state index contributed by atoms with van der Waals surface area (Å²) in [6, 6.07) is 17.4. The van der Waals surface area contributed by atoms with Gasteiger partial charge in [-0.25, -0.2) is 14.2 Å². The Labute approximate surface area is 254 Å². The molecule has 2 fully saturated rings. The molecule has 0 aliphatic carbocycles. The molecule has 2 aliphatic heterocycles. The smallest absolute Gasteiger partial charge is 0.335 e. The normalized spacial score (nSPS) is 16.4. The molecule has 4 aromatic rings. The Morgan fingerprint density at radius 1 is 1.07 bits per heavy atom. The zero-order valence-electron chi connectivity index (χ0n) is 24.7. The lowest BCUT2D eigenvalue weighted by atomic mass is 10.1. The Kier molecular flexibility index (Phi) is 9.53. The van der Waals surface area contributed by atoms with Crippen molar-refractivity contribution in [3.05, 3.63) is 89.0 Å². The first-order valence-electron chi connectivity index (χ1n) is 14.7. The number of fused-ring (bicyclic) bond motifs is 1. The molecule has 0 bridgehead atoms. The van der Waals surface area contributed by atoms with Gasteiger partial charge in [0.25, 0.3) is 5.91 Å². The van der Waals surface area contributed by atoms with Crippen LogP contribution in [0.2, 0.25) is 0 Å². The number of carboxylic acid groups (broad SMARTS) is 1. The molecule has 2 aliphatic rings. The number of carboxylic acids is 1. The van der Waals surface area contributed by atoms with Crippen LogP contribution in [0.4, 0.5) is 4.39 Å². The fourth-order valence-electron chi connectivity index (χ4n) is 5.23. The fourth-order valence-corrected chi connectivity index (χ4v) is 5.23. The lowest BCUT2D eigenvalue weighted by molar-refractivity contribution is -0.0592. The molecule has 3 heterocycles. The summed E-state index contributed by atoms with van der Waals surface area (Å²) < 4.78 is 27.7. The highest BCUT2D eigenvalue weighted by molar-refractivity contribution is 5.95. The molecule has 0 saturated carbocycles. The number of piperazine rings is 1. The van der Waals surface area contributed by atoms with Crippen molar-refractivity contribution < 1.29 is 28.6 Å². The molecule has 6 rings (SSSR count). The minimum absolute atomic E-state index is 0.0266. The van der Waals surface area contributed by atoms with Gasteiger partial charge in [0.15, 0.2) is 11.6 Å². The van der Waals surface area contributed by atoms with E-state index in [0.717, 1.165) is 36.0 Å². The zero-order chi connectivity index (χ0) is 31.2. The third kappa shape index (κ3) is 6.72. The van der Waals surface area contributed by atoms with E-state index in [-0.39, 0.29) is 28.9 Å². The van der Waals surface area contributed by atoms with Gasteiger partial charge < -0.3 is 24.0 Å². The number of amides is 1. The molecule has 2 saturated heterocycles. The van der Waals surface area contributed by atoms with E-state index in [2.05, 4.69) is 9.47 Å². The second-order valence-electron chi connectivity index (χ2n) is 10.4. The summed E-state index contributed by atoms with van der Waals surface area (Å²) >= 11 is 0. The van der Waals surface area contributed by atoms with Gasteiger partial charge in [-0.05, 0) is 61.0 Å². The maximum atomic E-state index is 14.3. The van der Waals surface area contributed by atoms with Crippen molar-refractivity contribution in [1.29, 1.82) is 5.26 Å². The fraction of sp³-hybridized carbons (Fsp3) is 0.333. The zero-order valence-corrected chi connectivity index (χ0v) is 24.7. The number of carbonyl (C=O) groups excluding carboxylic acids is 1. The number of ether oxygens (including phenoxy) is 2. The molecule has 44 heavy (non-hydrogen) atoms. The molecule has 1 amide bonds. The lowest BCUT2D eigenvalue weighted by Crippen LogP contribution is -2.48. The summed E-state index contributed by atoms with van der Waals surface area (Å²) in [6.07, 6.45) is 1.03. The summed E-state index contributed by atoms with van der Waals surface area (Å²) in [6.45, 7) is 8.21. The highest BCUT2D eigenvalue weighted by Crippen LogP contribution is 2.27. The van der Waals surface area contributed by atoms with Gasteiger partial charge in [0.1, 0.15) is 11.6 Å². The average molecular weight is 600 g/mol. The summed E-state index contributed by atoms with van der Waals surface area (Å²) in [5.74, 6) is -0.646. The predicted octanol–water partition coefficient (Wildman–Crippen LogP) is 5.31. The Balaban J connectivity index is 0.00000188. The third-order valence-electron chi connectivity index (χ3n) is 7.65. The number of rotatable bonds is 8. The molecule has 1 atom stereocenters. The first kappa shape index (κ1) is 30.7. The van der Waals surface area contributed by atoms with Crippen LogP contribution in [0.25, 0.3) is 11.0 Å². The van der Waals surface area contributed by atoms with E-state index >= 15 is 0 Å². The molecule has 228 valence electrons. The number of aromatic carboxylic acids is 1. The second kappa shape index (κ2) is 13.7. The van der Waals surface area contributed by atoms with E-state index in [1.165, 1.54) is 12.1 Å². The van der Waals surface area contributed by atoms with Gasteiger partial charge in [0, 0.05) is 38.3 Å². The number of hydrogen-bond donors (Lipinski definition) is 1. The average Bonchev–Trinajstić information content (AvgIpc) is 3.36. The quantitative estimate of drug-likeness (QED) is 0.289. The van der Waals surface area contributed by atoms with Crippen molar-refractivity contribution in [3.8, 4) is 17.6 Å². The molecule has 1 unspecified atom stereocenters. The first-order chi connectivity index (χ1) is 21.4. The van der Waals surface area contributed by atoms with E-state index in [1.54, 1.807) is 47.4 Å². The van der Waals surface area contributed by atoms with Gasteiger partial charge in [-0.15, -0.1) is 0 Å². The number of nitrogens with zero attached hydrogens (tertiary/aromatic N) is 5. The van der Waals surface area contributed by atoms with E-state index < -0.39 is 11.8 Å². The molecule has 0 spiro atoms. The van der Waals surface area contributed by atoms with Crippen LogP contribution in [0, 0.1) is 17.1 Å². The van der Waals surface area contributed by atoms with Gasteiger partial charge in [-0.2, -0.15) is 5.26 Å². The number of halogens is 1. The van der Waals surface area contributed by atoms with E-state index in [9.17, 15) is 19.1 Å². The summed E-state index contributed by atoms with van der Waals surface area (Å²) in [5, 5.41) is 18.4. The number of nitriles is 1. The van der Waals surface area contributed by atoms with Crippen LogP contribution in [0.5, 0.6) is 11.5 Å². The van der Waals surface area contributed by atoms with E-state index in [1.807, 2.05) is 19.9 Å². The lowest BCUT2D eigenvalue weighted by Gasteiger charge is -2.35. The van der Waals surface area contributed by atoms with E-state index in [4.69, 9.17) is 19.7 Å². The SMILES string of the molecule is CC.N#Cc1ccc(Oc2cccc(C(=O)N3CCN(Cc4nc5ccc(C(=O)O)cc5n4CC4CCO4)CC3)c2)c(F)c1. The van der Waals surface area contributed by atoms with Crippen LogP contribution in [0.3, 0.4) is 0 Å². The predicted molar refractivity (Wildman–Crippen MR) is 161 cm³/mol. The summed E-state index contributed by atoms with van der Waals surface area (Å²) in [4.78, 5) is 33.7. The van der Waals surface area contributed by atoms with Gasteiger partial charge >= 0.3 is 5.97 Å². The molecule has 1 aromatic heterocycles. The van der Waals surface area contributed by atoms with Gasteiger partial charge in [-0.3, -0.25) is 9.69 Å². The van der Waals surface area contributed by atoms with Crippen molar-refractivity contribution in [2.75, 3.05) is 32.8 Å². The molecule has 11 heteroatoms. The molecule has 10 nitrogen and oxygen atoms in total. The molecule has 3 aromatic carbocycles. The molecule has 1 N–H and O–H groups in total. The third-order valence-corrected chi connectivity index (χ3v) is 7.65. The van der Waals surface area contributed by atoms with Gasteiger partial charge in [-0.1, -0.05) is 19.9 Å². The minimum atomic E-state index is -0.981. The Bertz CT molecular complexity index is 1700. The largest absolute Gasteiger partial charge is 0.478 e. The maximum absolute atomic E-state index is 14.3. The summed E-state index contributed by atoms with van der Waals surface area (Å²) in [7, 11) is 0. The number of aromatic nitrogens is 2. The van der Waals surface area contributed by atoms with Crippen LogP contribution in [-0.2, 0) is 17.8 Å². The van der Waals surface area contributed by atoms with Crippen LogP contribution >= 0.6 is 0 Å². The van der Waals surface area contributed by atoms with Crippen molar-refractivity contribution in [2.24, 2.45) is 0 Å². The molecule has 0 radical (unpaired) electrons. The van der Waals surface area contributed by atoms with Crippen LogP contribution < -0.4 is 4.74 Å². The number of imidazole rings is 1. The van der Waals surface area contributed by atoms with Gasteiger partial charge in [0.05, 0.1) is 47.4 Å². The minimum Gasteiger partial charge on any atom is -0.478 e. The highest BCUT2D eigenvalue weighted by Gasteiger charge is 2.26. The van der Waals surface area contributed by atoms with Crippen molar-refractivity contribution in [1.82, 2.24) is 19.4 Å². The topological polar surface area (TPSA) is 121 Å². The van der Waals surface area contributed by atoms with Crippen LogP contribution in [0.15, 0.2) is 60.7 Å². The highest BCUT2D eigenvalue weighted by atomic mass is 19.1. The Morgan fingerprint density at radius 2 is 1.84 bits per heavy atom. The molecular formula is C33H34FN5O5. The van der Waals surface area contributed by atoms with Gasteiger partial charge in [0.2, 0.25) is 0 Å². The van der Waals surface area contributed by atoms with Crippen LogP contribution in [0.1, 0.15) is 52.4 Å². The molecular weight excluding hydrogens is 565 g/mol. The second-order valence-corrected chi connectivity index (χ2v) is 10.4. The van der Waals surface area contributed by atoms with Crippen molar-refractivity contribution in [2.45, 2.75) is 39.5 Å². The van der Waals surface area contributed by atoms with Crippen molar-refractivity contribution in [3.63, 3.8) is 0 Å². The Hall–Kier alpha value is -4.79. The summed E-state index contributed by atoms with van der Waals surface area (Å²) in [5.41, 5.74) is 2.36. The van der Waals surface area contributed by atoms with Crippen molar-refractivity contribution >= 4 is 22.9 Å². The number of benzene rings is 3. The van der Waals surface area contributed by atoms with Crippen LogP contribution in [-0.4, -0.2) is 75.2 Å². The standard InChI is InChI=1S/C31H28FN5O5.C2H6/c32-25-14-20(17-33)4-7-28(25)42-23-3-1-2-21(15-23)30(38)36-11-9-35(10-12-36)19-29-34-26-6-5-22(31(39)40)16-27(26)37(29)18-24-8-13-41-24;1-2/h1-7,14-16,24H,8-13,18-19H2,(H,39,40);1-2H3. The Morgan fingerprint density at radius 3 is 2.50 bits per heavy atom. The first-order valence-corrected chi connectivity index (χ1v) is 14.7. The van der Waals surface area contributed by atoms with E-state index in [0.29, 0.717) is 50.6 Å². The number of hydrogen-bond acceptors (Lipinski definition) is 7.